The number of phenols is 1. The maximum atomic E-state index is 15.6. The highest BCUT2D eigenvalue weighted by Crippen LogP contribution is 2.45. The molecule has 0 radical (unpaired) electrons. The number of anilines is 1. The number of rotatable bonds is 5. The second-order valence-electron chi connectivity index (χ2n) is 12.0. The van der Waals surface area contributed by atoms with E-state index >= 15 is 8.78 Å². The Hall–Kier alpha value is -4.11. The highest BCUT2D eigenvalue weighted by atomic mass is 35.5. The van der Waals surface area contributed by atoms with Gasteiger partial charge in [-0.15, -0.1) is 0 Å². The fraction of sp³-hybridized carbons (Fsp3) is 0.333. The fourth-order valence-corrected chi connectivity index (χ4v) is 7.08. The van der Waals surface area contributed by atoms with Gasteiger partial charge in [0.2, 0.25) is 5.91 Å². The number of fused-ring (bicyclic) bond motifs is 1. The molecule has 1 fully saturated rings. The van der Waals surface area contributed by atoms with Gasteiger partial charge in [0, 0.05) is 30.6 Å². The highest BCUT2D eigenvalue weighted by molar-refractivity contribution is 6.43. The quantitative estimate of drug-likeness (QED) is 0.170. The molecule has 1 amide bonds. The molecule has 0 aliphatic carbocycles. The number of nitriles is 1. The van der Waals surface area contributed by atoms with E-state index in [0.717, 1.165) is 0 Å². The van der Waals surface area contributed by atoms with E-state index in [-0.39, 0.29) is 64.3 Å². The van der Waals surface area contributed by atoms with Gasteiger partial charge in [-0.1, -0.05) is 55.2 Å². The van der Waals surface area contributed by atoms with E-state index < -0.39 is 50.3 Å². The van der Waals surface area contributed by atoms with Crippen molar-refractivity contribution in [2.45, 2.75) is 52.7 Å². The molecule has 14 heteroatoms. The number of phenolic OH excluding ortho intramolecular Hbond substituents is 1. The minimum Gasteiger partial charge on any atom is -0.504 e. The molecule has 246 valence electrons. The van der Waals surface area contributed by atoms with Crippen molar-refractivity contribution in [2.75, 3.05) is 18.0 Å². The van der Waals surface area contributed by atoms with Crippen molar-refractivity contribution in [1.29, 1.82) is 5.26 Å². The fourth-order valence-electron chi connectivity index (χ4n) is 6.48. The molecule has 1 saturated heterocycles. The van der Waals surface area contributed by atoms with E-state index in [4.69, 9.17) is 34.8 Å². The van der Waals surface area contributed by atoms with Crippen molar-refractivity contribution in [1.82, 2.24) is 19.8 Å². The summed E-state index contributed by atoms with van der Waals surface area (Å²) in [5.74, 6) is -4.17. The van der Waals surface area contributed by atoms with E-state index in [2.05, 4.69) is 22.9 Å². The third kappa shape index (κ3) is 5.52. The van der Waals surface area contributed by atoms with Crippen LogP contribution in [-0.4, -0.2) is 56.7 Å². The molecular formula is C33H31Cl3F2N6O3. The zero-order valence-electron chi connectivity index (χ0n) is 26.1. The molecule has 3 aromatic rings. The minimum absolute atomic E-state index is 0.0465. The Morgan fingerprint density at radius 2 is 1.83 bits per heavy atom. The van der Waals surface area contributed by atoms with Crippen LogP contribution in [0.4, 0.5) is 14.5 Å². The van der Waals surface area contributed by atoms with Gasteiger partial charge >= 0.3 is 0 Å². The molecule has 1 aromatic carbocycles. The molecular weight excluding hydrogens is 673 g/mol. The lowest BCUT2D eigenvalue weighted by atomic mass is 9.94. The highest BCUT2D eigenvalue weighted by Gasteiger charge is 2.37. The van der Waals surface area contributed by atoms with Crippen molar-refractivity contribution >= 4 is 63.1 Å². The van der Waals surface area contributed by atoms with Gasteiger partial charge in [0.05, 0.1) is 38.7 Å². The number of nitrogens with one attached hydrogen (secondary N) is 1. The number of piperazine rings is 1. The van der Waals surface area contributed by atoms with Crippen molar-refractivity contribution in [3.63, 3.8) is 0 Å². The average molecular weight is 704 g/mol. The molecule has 3 atom stereocenters. The lowest BCUT2D eigenvalue weighted by Crippen LogP contribution is -2.58. The Bertz CT molecular complexity index is 1980. The first-order valence-electron chi connectivity index (χ1n) is 14.7. The number of aromatic nitrogens is 2. The van der Waals surface area contributed by atoms with E-state index in [1.165, 1.54) is 16.7 Å². The third-order valence-electron chi connectivity index (χ3n) is 8.54. The van der Waals surface area contributed by atoms with Crippen LogP contribution < -0.4 is 15.8 Å². The number of hydrogen-bond acceptors (Lipinski definition) is 7. The number of aromatic hydroxyl groups is 1. The Morgan fingerprint density at radius 3 is 2.40 bits per heavy atom. The van der Waals surface area contributed by atoms with Crippen LogP contribution in [0.2, 0.25) is 15.1 Å². The van der Waals surface area contributed by atoms with E-state index in [9.17, 15) is 20.0 Å². The number of hydrogen-bond donors (Lipinski definition) is 2. The summed E-state index contributed by atoms with van der Waals surface area (Å²) in [4.78, 5) is 35.3. The number of carbonyl (C=O) groups is 1. The van der Waals surface area contributed by atoms with Gasteiger partial charge in [-0.25, -0.2) is 13.8 Å². The predicted molar refractivity (Wildman–Crippen MR) is 181 cm³/mol. The van der Waals surface area contributed by atoms with E-state index in [1.54, 1.807) is 24.1 Å². The average Bonchev–Trinajstić information content (AvgIpc) is 3.02. The van der Waals surface area contributed by atoms with Gasteiger partial charge in [-0.05, 0) is 56.7 Å². The lowest BCUT2D eigenvalue weighted by Gasteiger charge is -2.45. The van der Waals surface area contributed by atoms with E-state index in [1.807, 2.05) is 32.6 Å². The van der Waals surface area contributed by atoms with Crippen molar-refractivity contribution in [3.05, 3.63) is 79.2 Å². The zero-order valence-corrected chi connectivity index (χ0v) is 28.4. The molecule has 2 N–H and O–H groups in total. The van der Waals surface area contributed by atoms with Gasteiger partial charge in [-0.3, -0.25) is 14.2 Å². The monoisotopic (exact) mass is 702 g/mol. The van der Waals surface area contributed by atoms with Crippen LogP contribution in [0.5, 0.6) is 5.75 Å². The summed E-state index contributed by atoms with van der Waals surface area (Å²) >= 11 is 18.6. The van der Waals surface area contributed by atoms with Crippen LogP contribution in [0.15, 0.2) is 41.4 Å². The number of amides is 1. The summed E-state index contributed by atoms with van der Waals surface area (Å²) in [6, 6.07) is 2.35. The normalized spacial score (nSPS) is 19.7. The van der Waals surface area contributed by atoms with Crippen LogP contribution in [0.1, 0.15) is 40.2 Å². The molecule has 5 rings (SSSR count). The molecule has 9 nitrogen and oxygen atoms in total. The first-order valence-corrected chi connectivity index (χ1v) is 15.9. The Labute approximate surface area is 284 Å². The summed E-state index contributed by atoms with van der Waals surface area (Å²) in [6.45, 7) is 13.4. The smallest absolute Gasteiger partial charge is 0.276 e. The molecule has 2 aliphatic heterocycles. The number of halogens is 5. The molecule has 0 saturated carbocycles. The Morgan fingerprint density at radius 1 is 1.19 bits per heavy atom. The summed E-state index contributed by atoms with van der Waals surface area (Å²) in [7, 11) is 0. The number of benzene rings is 1. The second-order valence-corrected chi connectivity index (χ2v) is 13.2. The number of carbonyl (C=O) groups excluding carboxylic acids is 1. The largest absolute Gasteiger partial charge is 0.504 e. The molecule has 0 spiro atoms. The zero-order chi connectivity index (χ0) is 34.6. The van der Waals surface area contributed by atoms with Gasteiger partial charge in [0.25, 0.3) is 5.56 Å². The van der Waals surface area contributed by atoms with Crippen LogP contribution in [-0.2, 0) is 4.79 Å². The molecule has 4 heterocycles. The maximum Gasteiger partial charge on any atom is 0.276 e. The van der Waals surface area contributed by atoms with Crippen LogP contribution in [0.25, 0.3) is 28.0 Å². The lowest BCUT2D eigenvalue weighted by molar-refractivity contribution is -0.130. The van der Waals surface area contributed by atoms with Crippen molar-refractivity contribution < 1.29 is 18.7 Å². The summed E-state index contributed by atoms with van der Waals surface area (Å²) in [5, 5.41) is 22.6. The summed E-state index contributed by atoms with van der Waals surface area (Å²) in [5.41, 5.74) is -0.885. The molecule has 0 bridgehead atoms. The van der Waals surface area contributed by atoms with Crippen LogP contribution in [0, 0.1) is 28.9 Å². The van der Waals surface area contributed by atoms with Crippen molar-refractivity contribution in [3.8, 4) is 23.1 Å². The SMILES string of the molecule is C=CC(=O)N1[C@H](C)CN(c2c(C#N)c(=O)n(C3=C(C)C=CN[C@@H]3C(C)C)c3nc(-c4c(F)c(O)c(Cl)c(Cl)c4F)c(Cl)cc23)C[C@@H]1C. The van der Waals surface area contributed by atoms with Gasteiger partial charge in [0.15, 0.2) is 17.4 Å². The number of nitrogens with zero attached hydrogens (tertiary/aromatic N) is 5. The van der Waals surface area contributed by atoms with Crippen molar-refractivity contribution in [2.24, 2.45) is 5.92 Å². The summed E-state index contributed by atoms with van der Waals surface area (Å²) in [6.07, 6.45) is 4.75. The topological polar surface area (TPSA) is 114 Å². The first kappa shape index (κ1) is 34.2. The molecule has 2 aliphatic rings. The van der Waals surface area contributed by atoms with Crippen LogP contribution in [0.3, 0.4) is 0 Å². The Balaban J connectivity index is 1.92. The summed E-state index contributed by atoms with van der Waals surface area (Å²) < 4.78 is 32.4. The maximum absolute atomic E-state index is 15.6. The van der Waals surface area contributed by atoms with Gasteiger partial charge < -0.3 is 20.2 Å². The number of dihydropyridines is 1. The van der Waals surface area contributed by atoms with Gasteiger partial charge in [-0.2, -0.15) is 5.26 Å². The number of allylic oxidation sites excluding steroid dienone is 2. The predicted octanol–water partition coefficient (Wildman–Crippen LogP) is 6.86. The molecule has 47 heavy (non-hydrogen) atoms. The van der Waals surface area contributed by atoms with E-state index in [0.29, 0.717) is 11.3 Å². The Kier molecular flexibility index (Phi) is 9.34. The molecule has 0 unspecified atom stereocenters. The number of pyridine rings is 2. The standard InChI is InChI=1S/C33H31Cl3F2N6O3/c1-7-21(45)43-16(5)12-42(13-17(43)6)30-18-10-20(34)28(22-25(37)23(35)24(36)31(46)26(22)38)41-32(18)44(33(47)19(30)11-39)29-15(4)8-9-40-27(29)14(2)3/h7-10,14,16-17,27,40,46H,1,12-13H2,2-6H3/t16-,17+,27-/m1/s1. The molecule has 2 aromatic heterocycles. The minimum atomic E-state index is -1.45. The van der Waals surface area contributed by atoms with Gasteiger partial charge in [0.1, 0.15) is 22.3 Å². The third-order valence-corrected chi connectivity index (χ3v) is 9.65. The van der Waals surface area contributed by atoms with Crippen LogP contribution >= 0.6 is 34.8 Å². The second kappa shape index (κ2) is 12.8. The first-order chi connectivity index (χ1) is 22.2.